The summed E-state index contributed by atoms with van der Waals surface area (Å²) in [5, 5.41) is 8.59. The molecule has 0 atom stereocenters. The number of aromatic nitrogens is 4. The first-order valence-corrected chi connectivity index (χ1v) is 7.98. The maximum absolute atomic E-state index is 11.8. The van der Waals surface area contributed by atoms with Crippen molar-refractivity contribution >= 4 is 29.4 Å². The van der Waals surface area contributed by atoms with Gasteiger partial charge in [0.05, 0.1) is 12.0 Å². The lowest BCUT2D eigenvalue weighted by Crippen LogP contribution is -2.42. The number of carbonyl (C=O) groups excluding carboxylic acids is 2. The lowest BCUT2D eigenvalue weighted by Gasteiger charge is -2.06. The molecule has 0 bridgehead atoms. The second-order valence-corrected chi connectivity index (χ2v) is 5.87. The second-order valence-electron chi connectivity index (χ2n) is 4.93. The van der Waals surface area contributed by atoms with Crippen molar-refractivity contribution in [3.8, 4) is 0 Å². The van der Waals surface area contributed by atoms with Crippen molar-refractivity contribution in [3.05, 3.63) is 41.6 Å². The molecule has 3 rings (SSSR count). The van der Waals surface area contributed by atoms with Crippen LogP contribution >= 0.6 is 11.8 Å². The Balaban J connectivity index is 1.58. The standard InChI is InChI=1S/C14H14N6O3S/c1-8-6-9(2)20-13(15-8)18-19-14(20)24-7-11(21)16-17-12(22)10-4-3-5-23-10/h3-6H,7H2,1-2H3,(H,16,21)(H,17,22). The lowest BCUT2D eigenvalue weighted by atomic mass is 10.3. The number of hydrazine groups is 1. The van der Waals surface area contributed by atoms with Crippen molar-refractivity contribution in [2.24, 2.45) is 0 Å². The Morgan fingerprint density at radius 3 is 2.88 bits per heavy atom. The van der Waals surface area contributed by atoms with E-state index in [1.807, 2.05) is 19.9 Å². The largest absolute Gasteiger partial charge is 0.459 e. The van der Waals surface area contributed by atoms with Gasteiger partial charge in [0.1, 0.15) is 0 Å². The van der Waals surface area contributed by atoms with Gasteiger partial charge in [-0.3, -0.25) is 24.8 Å². The molecule has 0 fully saturated rings. The third kappa shape index (κ3) is 3.38. The predicted molar refractivity (Wildman–Crippen MR) is 85.3 cm³/mol. The summed E-state index contributed by atoms with van der Waals surface area (Å²) in [4.78, 5) is 27.8. The summed E-state index contributed by atoms with van der Waals surface area (Å²) in [5.74, 6) is -0.242. The van der Waals surface area contributed by atoms with E-state index in [-0.39, 0.29) is 17.4 Å². The number of furan rings is 1. The van der Waals surface area contributed by atoms with Crippen LogP contribution in [0.15, 0.2) is 34.0 Å². The smallest absolute Gasteiger partial charge is 0.305 e. The summed E-state index contributed by atoms with van der Waals surface area (Å²) >= 11 is 1.20. The molecule has 3 aromatic heterocycles. The van der Waals surface area contributed by atoms with Gasteiger partial charge < -0.3 is 4.42 Å². The number of amides is 2. The first-order valence-electron chi connectivity index (χ1n) is 6.99. The number of hydrogen-bond acceptors (Lipinski definition) is 7. The SMILES string of the molecule is Cc1cc(C)n2c(SCC(=O)NNC(=O)c3ccco3)nnc2n1. The minimum atomic E-state index is -0.526. The van der Waals surface area contributed by atoms with Gasteiger partial charge in [0.2, 0.25) is 5.91 Å². The molecular formula is C14H14N6O3S. The highest BCUT2D eigenvalue weighted by Crippen LogP contribution is 2.18. The number of nitrogens with zero attached hydrogens (tertiary/aromatic N) is 4. The Morgan fingerprint density at radius 1 is 1.29 bits per heavy atom. The highest BCUT2D eigenvalue weighted by Gasteiger charge is 2.13. The molecule has 3 aromatic rings. The molecule has 0 radical (unpaired) electrons. The van der Waals surface area contributed by atoms with Gasteiger partial charge in [-0.15, -0.1) is 10.2 Å². The minimum absolute atomic E-state index is 0.0620. The molecule has 3 heterocycles. The molecule has 2 amide bonds. The number of nitrogens with one attached hydrogen (secondary N) is 2. The number of hydrogen-bond donors (Lipinski definition) is 2. The Kier molecular flexibility index (Phi) is 4.47. The predicted octanol–water partition coefficient (Wildman–Crippen LogP) is 0.887. The van der Waals surface area contributed by atoms with E-state index in [9.17, 15) is 9.59 Å². The van der Waals surface area contributed by atoms with Crippen molar-refractivity contribution in [2.75, 3.05) is 5.75 Å². The van der Waals surface area contributed by atoms with E-state index >= 15 is 0 Å². The van der Waals surface area contributed by atoms with Gasteiger partial charge in [-0.25, -0.2) is 4.98 Å². The van der Waals surface area contributed by atoms with Crippen LogP contribution in [0.1, 0.15) is 21.9 Å². The third-order valence-corrected chi connectivity index (χ3v) is 3.98. The molecule has 124 valence electrons. The number of thioether (sulfide) groups is 1. The molecule has 0 aliphatic carbocycles. The van der Waals surface area contributed by atoms with Crippen LogP contribution in [0, 0.1) is 13.8 Å². The number of carbonyl (C=O) groups is 2. The first-order chi connectivity index (χ1) is 11.5. The van der Waals surface area contributed by atoms with E-state index in [2.05, 4.69) is 26.0 Å². The molecule has 0 aromatic carbocycles. The fourth-order valence-corrected chi connectivity index (χ4v) is 2.84. The Labute approximate surface area is 140 Å². The van der Waals surface area contributed by atoms with Crippen molar-refractivity contribution in [1.82, 2.24) is 30.4 Å². The van der Waals surface area contributed by atoms with Gasteiger partial charge in [0.25, 0.3) is 5.78 Å². The van der Waals surface area contributed by atoms with Crippen LogP contribution in [-0.4, -0.2) is 37.1 Å². The fraction of sp³-hybridized carbons (Fsp3) is 0.214. The highest BCUT2D eigenvalue weighted by molar-refractivity contribution is 7.99. The zero-order valence-corrected chi connectivity index (χ0v) is 13.8. The summed E-state index contributed by atoms with van der Waals surface area (Å²) in [7, 11) is 0. The molecule has 10 heteroatoms. The second kappa shape index (κ2) is 6.71. The van der Waals surface area contributed by atoms with E-state index in [1.54, 1.807) is 10.5 Å². The van der Waals surface area contributed by atoms with Gasteiger partial charge in [0, 0.05) is 11.4 Å². The molecule has 0 saturated carbocycles. The molecule has 24 heavy (non-hydrogen) atoms. The number of rotatable bonds is 4. The molecule has 0 unspecified atom stereocenters. The van der Waals surface area contributed by atoms with E-state index in [0.29, 0.717) is 10.9 Å². The van der Waals surface area contributed by atoms with Crippen molar-refractivity contribution < 1.29 is 14.0 Å². The quantitative estimate of drug-likeness (QED) is 0.532. The molecule has 9 nitrogen and oxygen atoms in total. The van der Waals surface area contributed by atoms with Gasteiger partial charge in [-0.2, -0.15) is 0 Å². The van der Waals surface area contributed by atoms with Crippen LogP contribution in [0.25, 0.3) is 5.78 Å². The zero-order valence-electron chi connectivity index (χ0n) is 12.9. The number of aryl methyl sites for hydroxylation is 2. The molecular weight excluding hydrogens is 332 g/mol. The zero-order chi connectivity index (χ0) is 17.1. The summed E-state index contributed by atoms with van der Waals surface area (Å²) < 4.78 is 6.69. The normalized spacial score (nSPS) is 10.8. The number of fused-ring (bicyclic) bond motifs is 1. The van der Waals surface area contributed by atoms with Gasteiger partial charge in [0.15, 0.2) is 10.9 Å². The minimum Gasteiger partial charge on any atom is -0.459 e. The topological polar surface area (TPSA) is 114 Å². The van der Waals surface area contributed by atoms with Gasteiger partial charge in [-0.1, -0.05) is 11.8 Å². The van der Waals surface area contributed by atoms with E-state index in [4.69, 9.17) is 4.42 Å². The maximum atomic E-state index is 11.8. The first kappa shape index (κ1) is 16.0. The third-order valence-electron chi connectivity index (χ3n) is 3.06. The Hall–Kier alpha value is -2.88. The molecule has 0 saturated heterocycles. The van der Waals surface area contributed by atoms with Gasteiger partial charge in [-0.05, 0) is 32.0 Å². The summed E-state index contributed by atoms with van der Waals surface area (Å²) in [6, 6.07) is 4.99. The van der Waals surface area contributed by atoms with Crippen LogP contribution in [0.2, 0.25) is 0 Å². The van der Waals surface area contributed by atoms with Crippen LogP contribution < -0.4 is 10.9 Å². The van der Waals surface area contributed by atoms with Crippen LogP contribution in [0.4, 0.5) is 0 Å². The Bertz CT molecular complexity index is 889. The Morgan fingerprint density at radius 2 is 2.12 bits per heavy atom. The monoisotopic (exact) mass is 346 g/mol. The highest BCUT2D eigenvalue weighted by atomic mass is 32.2. The van der Waals surface area contributed by atoms with Crippen molar-refractivity contribution in [3.63, 3.8) is 0 Å². The fourth-order valence-electron chi connectivity index (χ4n) is 2.06. The van der Waals surface area contributed by atoms with Crippen LogP contribution in [-0.2, 0) is 4.79 Å². The average Bonchev–Trinajstić information content (AvgIpc) is 3.20. The average molecular weight is 346 g/mol. The van der Waals surface area contributed by atoms with E-state index < -0.39 is 5.91 Å². The van der Waals surface area contributed by atoms with Crippen molar-refractivity contribution in [2.45, 2.75) is 19.0 Å². The molecule has 0 aliphatic heterocycles. The summed E-state index contributed by atoms with van der Waals surface area (Å²) in [6.45, 7) is 3.79. The van der Waals surface area contributed by atoms with Crippen LogP contribution in [0.5, 0.6) is 0 Å². The van der Waals surface area contributed by atoms with Crippen molar-refractivity contribution in [1.29, 1.82) is 0 Å². The van der Waals surface area contributed by atoms with Gasteiger partial charge >= 0.3 is 5.91 Å². The lowest BCUT2D eigenvalue weighted by molar-refractivity contribution is -0.119. The summed E-state index contributed by atoms with van der Waals surface area (Å²) in [5.41, 5.74) is 6.36. The molecule has 0 aliphatic rings. The molecule has 2 N–H and O–H groups in total. The molecule has 0 spiro atoms. The van der Waals surface area contributed by atoms with E-state index in [1.165, 1.54) is 24.1 Å². The van der Waals surface area contributed by atoms with Crippen LogP contribution in [0.3, 0.4) is 0 Å². The maximum Gasteiger partial charge on any atom is 0.305 e. The summed E-state index contributed by atoms with van der Waals surface area (Å²) in [6.07, 6.45) is 1.38. The van der Waals surface area contributed by atoms with E-state index in [0.717, 1.165) is 11.4 Å².